The van der Waals surface area contributed by atoms with E-state index < -0.39 is 38.6 Å². The molecule has 0 saturated carbocycles. The number of esters is 2. The summed E-state index contributed by atoms with van der Waals surface area (Å²) in [6.45, 7) is 3.34. The number of allylic oxidation sites excluding steroid dienone is 11. The maximum Gasteiger partial charge on any atom is 0.472 e. The molecule has 0 bridgehead atoms. The van der Waals surface area contributed by atoms with Gasteiger partial charge < -0.3 is 25.2 Å². The van der Waals surface area contributed by atoms with E-state index in [-0.39, 0.29) is 39.0 Å². The molecule has 0 aromatic heterocycles. The van der Waals surface area contributed by atoms with Crippen molar-refractivity contribution in [2.75, 3.05) is 26.4 Å². The smallest absolute Gasteiger partial charge is 0.462 e. The standard InChI is InChI=1S/C47H82NO9P/c1-3-5-7-9-11-13-15-17-19-21-23-25-27-29-31-33-35-37-46(50)54-42-45(43-56-58(52,53)55-41-40-48)57-47(51)39-38-44(49)36-34-32-30-28-26-24-22-20-18-16-14-12-10-8-6-4-2/h6,8,12,14,18,20,24,26,30,32,34,36,44-45,49H,3-5,7,9-11,13,15-17,19,21-23,25,27-29,31,33,35,37-43,48H2,1-2H3,(H,52,53)/b8-6-,14-12-,20-18-,26-24-,32-30-,36-34-/t44?,45-/m1/s1. The number of carbonyl (C=O) groups is 2. The number of carbonyl (C=O) groups excluding carboxylic acids is 2. The summed E-state index contributed by atoms with van der Waals surface area (Å²) < 4.78 is 32.6. The van der Waals surface area contributed by atoms with Gasteiger partial charge in [-0.1, -0.05) is 189 Å². The average molecular weight is 836 g/mol. The molecule has 0 aromatic carbocycles. The molecular weight excluding hydrogens is 753 g/mol. The first-order valence-electron chi connectivity index (χ1n) is 22.5. The van der Waals surface area contributed by atoms with Gasteiger partial charge in [0.2, 0.25) is 0 Å². The molecule has 0 radical (unpaired) electrons. The Morgan fingerprint density at radius 2 is 1.09 bits per heavy atom. The minimum atomic E-state index is -4.45. The molecule has 3 atom stereocenters. The van der Waals surface area contributed by atoms with E-state index in [1.807, 2.05) is 12.2 Å². The zero-order valence-corrected chi connectivity index (χ0v) is 37.3. The van der Waals surface area contributed by atoms with E-state index in [0.29, 0.717) is 6.42 Å². The quantitative estimate of drug-likeness (QED) is 0.0178. The number of ether oxygens (including phenoxy) is 2. The molecule has 2 unspecified atom stereocenters. The maximum absolute atomic E-state index is 12.6. The lowest BCUT2D eigenvalue weighted by Gasteiger charge is -2.20. The first-order valence-corrected chi connectivity index (χ1v) is 24.0. The van der Waals surface area contributed by atoms with Gasteiger partial charge in [-0.2, -0.15) is 0 Å². The molecule has 0 saturated heterocycles. The molecule has 334 valence electrons. The number of hydrogen-bond donors (Lipinski definition) is 3. The fraction of sp³-hybridized carbons (Fsp3) is 0.702. The van der Waals surface area contributed by atoms with Gasteiger partial charge in [-0.25, -0.2) is 4.57 Å². The number of phosphoric acid groups is 1. The molecule has 0 rings (SSSR count). The summed E-state index contributed by atoms with van der Waals surface area (Å²) >= 11 is 0. The normalized spacial score (nSPS) is 14.5. The lowest BCUT2D eigenvalue weighted by Crippen LogP contribution is -2.30. The number of rotatable bonds is 41. The van der Waals surface area contributed by atoms with Crippen LogP contribution in [0.1, 0.15) is 174 Å². The molecule has 0 fully saturated rings. The van der Waals surface area contributed by atoms with Gasteiger partial charge >= 0.3 is 19.8 Å². The number of hydrogen-bond acceptors (Lipinski definition) is 9. The van der Waals surface area contributed by atoms with Crippen LogP contribution in [0.5, 0.6) is 0 Å². The van der Waals surface area contributed by atoms with Crippen molar-refractivity contribution in [3.63, 3.8) is 0 Å². The van der Waals surface area contributed by atoms with E-state index in [0.717, 1.165) is 51.4 Å². The minimum Gasteiger partial charge on any atom is -0.462 e. The predicted molar refractivity (Wildman–Crippen MR) is 239 cm³/mol. The van der Waals surface area contributed by atoms with Crippen molar-refractivity contribution in [1.29, 1.82) is 0 Å². The molecule has 11 heteroatoms. The van der Waals surface area contributed by atoms with E-state index in [2.05, 4.69) is 62.5 Å². The third-order valence-electron chi connectivity index (χ3n) is 9.22. The number of nitrogens with two attached hydrogens (primary N) is 1. The van der Waals surface area contributed by atoms with Gasteiger partial charge in [0.25, 0.3) is 0 Å². The lowest BCUT2D eigenvalue weighted by molar-refractivity contribution is -0.161. The van der Waals surface area contributed by atoms with Crippen LogP contribution in [0, 0.1) is 0 Å². The molecular formula is C47H82NO9P. The summed E-state index contributed by atoms with van der Waals surface area (Å²) in [6.07, 6.45) is 48.3. The van der Waals surface area contributed by atoms with Gasteiger partial charge in [0, 0.05) is 19.4 Å². The van der Waals surface area contributed by atoms with Crippen LogP contribution < -0.4 is 5.73 Å². The zero-order valence-electron chi connectivity index (χ0n) is 36.4. The molecule has 0 aliphatic heterocycles. The second kappa shape index (κ2) is 42.5. The van der Waals surface area contributed by atoms with Crippen LogP contribution >= 0.6 is 7.82 Å². The molecule has 10 nitrogen and oxygen atoms in total. The summed E-state index contributed by atoms with van der Waals surface area (Å²) in [5, 5.41) is 10.3. The Kier molecular flexibility index (Phi) is 40.6. The summed E-state index contributed by atoms with van der Waals surface area (Å²) in [5.74, 6) is -1.11. The number of phosphoric ester groups is 1. The van der Waals surface area contributed by atoms with Crippen LogP contribution in [0.15, 0.2) is 72.9 Å². The Bertz CT molecular complexity index is 1200. The Hall–Kier alpha value is -2.59. The highest BCUT2D eigenvalue weighted by Gasteiger charge is 2.26. The minimum absolute atomic E-state index is 0.0151. The second-order valence-corrected chi connectivity index (χ2v) is 16.2. The molecule has 4 N–H and O–H groups in total. The van der Waals surface area contributed by atoms with Crippen molar-refractivity contribution in [2.45, 2.75) is 187 Å². The molecule has 0 aromatic rings. The van der Waals surface area contributed by atoms with Gasteiger partial charge in [0.1, 0.15) is 6.61 Å². The van der Waals surface area contributed by atoms with Crippen molar-refractivity contribution < 1.29 is 42.7 Å². The number of aliphatic hydroxyl groups is 1. The molecule has 0 aliphatic carbocycles. The van der Waals surface area contributed by atoms with Crippen LogP contribution in [0.3, 0.4) is 0 Å². The molecule has 0 amide bonds. The van der Waals surface area contributed by atoms with Crippen molar-refractivity contribution in [1.82, 2.24) is 0 Å². The topological polar surface area (TPSA) is 155 Å². The largest absolute Gasteiger partial charge is 0.472 e. The van der Waals surface area contributed by atoms with E-state index in [4.69, 9.17) is 24.3 Å². The molecule has 58 heavy (non-hydrogen) atoms. The number of unbranched alkanes of at least 4 members (excludes halogenated alkanes) is 16. The maximum atomic E-state index is 12.6. The van der Waals surface area contributed by atoms with Crippen LogP contribution in [-0.4, -0.2) is 60.5 Å². The summed E-state index contributed by atoms with van der Waals surface area (Å²) in [5.41, 5.74) is 5.34. The highest BCUT2D eigenvalue weighted by atomic mass is 31.2. The summed E-state index contributed by atoms with van der Waals surface area (Å²) in [6, 6.07) is 0. The molecule has 0 aliphatic rings. The highest BCUT2D eigenvalue weighted by molar-refractivity contribution is 7.47. The Morgan fingerprint density at radius 3 is 1.59 bits per heavy atom. The Balaban J connectivity index is 4.36. The zero-order chi connectivity index (χ0) is 42.6. The van der Waals surface area contributed by atoms with Crippen LogP contribution in [0.2, 0.25) is 0 Å². The van der Waals surface area contributed by atoms with Crippen LogP contribution in [-0.2, 0) is 32.7 Å². The first kappa shape index (κ1) is 55.4. The van der Waals surface area contributed by atoms with Gasteiger partial charge in [-0.05, 0) is 44.9 Å². The van der Waals surface area contributed by atoms with Gasteiger partial charge in [0.15, 0.2) is 6.10 Å². The molecule has 0 heterocycles. The third kappa shape index (κ3) is 41.6. The fourth-order valence-electron chi connectivity index (χ4n) is 5.86. The van der Waals surface area contributed by atoms with E-state index in [1.54, 1.807) is 12.2 Å². The fourth-order valence-corrected chi connectivity index (χ4v) is 6.63. The van der Waals surface area contributed by atoms with E-state index in [9.17, 15) is 24.2 Å². The average Bonchev–Trinajstić information content (AvgIpc) is 3.21. The monoisotopic (exact) mass is 836 g/mol. The third-order valence-corrected chi connectivity index (χ3v) is 10.2. The summed E-state index contributed by atoms with van der Waals surface area (Å²) in [4.78, 5) is 34.9. The Morgan fingerprint density at radius 1 is 0.603 bits per heavy atom. The van der Waals surface area contributed by atoms with Crippen molar-refractivity contribution >= 4 is 19.8 Å². The predicted octanol–water partition coefficient (Wildman–Crippen LogP) is 12.0. The van der Waals surface area contributed by atoms with Crippen LogP contribution in [0.25, 0.3) is 0 Å². The van der Waals surface area contributed by atoms with Gasteiger partial charge in [-0.3, -0.25) is 18.6 Å². The SMILES string of the molecule is CC/C=C\C/C=C\C/C=C\C/C=C\C/C=C\C=C/C(O)CCC(=O)O[C@H](COC(=O)CCCCCCCCCCCCCCCCCCC)COP(=O)(O)OCCN. The van der Waals surface area contributed by atoms with Crippen molar-refractivity contribution in [3.8, 4) is 0 Å². The van der Waals surface area contributed by atoms with Crippen LogP contribution in [0.4, 0.5) is 0 Å². The van der Waals surface area contributed by atoms with Gasteiger partial charge in [-0.15, -0.1) is 0 Å². The summed E-state index contributed by atoms with van der Waals surface area (Å²) in [7, 11) is -4.45. The number of aliphatic hydroxyl groups excluding tert-OH is 1. The highest BCUT2D eigenvalue weighted by Crippen LogP contribution is 2.43. The van der Waals surface area contributed by atoms with Crippen molar-refractivity contribution in [2.24, 2.45) is 5.73 Å². The second-order valence-electron chi connectivity index (χ2n) is 14.7. The van der Waals surface area contributed by atoms with Gasteiger partial charge in [0.05, 0.1) is 19.3 Å². The molecule has 0 spiro atoms. The Labute approximate surface area is 353 Å². The first-order chi connectivity index (χ1) is 28.2. The van der Waals surface area contributed by atoms with E-state index >= 15 is 0 Å². The lowest BCUT2D eigenvalue weighted by atomic mass is 10.0. The van der Waals surface area contributed by atoms with E-state index in [1.165, 1.54) is 83.5 Å². The van der Waals surface area contributed by atoms with Crippen molar-refractivity contribution in [3.05, 3.63) is 72.9 Å².